The standard InChI is InChI=1S/C59H96O7/c1-35(2)13-11-15-37(5)45-21-23-47-43-19-17-39-33-41(25-29-56(39,7)49(43)27-31-58(45,47)9)65-54(63)52(61)51(60)53(62)55(64)66-42-26-30-57(8)40(34-42)18-20-44-48-24-22-46(38(6)16-12-14-36(3)4)59(48,10)32-28-50(44)57/h17-18,35-38,41-53,60-62H,11-16,19-34H2,1-10H3/t37-,38-,41+,42+,43?,44?,45-,46-,47?,48?,49?,50?,51?,52?,53?,56+,57+,58-,59-/m1/s1. The van der Waals surface area contributed by atoms with Crippen molar-refractivity contribution in [2.75, 3.05) is 0 Å². The minimum atomic E-state index is -2.05. The average Bonchev–Trinajstić information content (AvgIpc) is 3.82. The van der Waals surface area contributed by atoms with Gasteiger partial charge in [-0.3, -0.25) is 0 Å². The molecule has 8 rings (SSSR count). The molecular weight excluding hydrogens is 821 g/mol. The summed E-state index contributed by atoms with van der Waals surface area (Å²) in [6, 6.07) is 0. The summed E-state index contributed by atoms with van der Waals surface area (Å²) in [6.45, 7) is 24.6. The molecule has 8 aliphatic rings. The summed E-state index contributed by atoms with van der Waals surface area (Å²) in [5.41, 5.74) is 3.79. The molecule has 0 spiro atoms. The van der Waals surface area contributed by atoms with Crippen LogP contribution < -0.4 is 0 Å². The minimum absolute atomic E-state index is 0.0841. The van der Waals surface area contributed by atoms with Crippen molar-refractivity contribution in [1.82, 2.24) is 0 Å². The highest BCUT2D eigenvalue weighted by Gasteiger charge is 2.61. The van der Waals surface area contributed by atoms with Gasteiger partial charge in [-0.2, -0.15) is 0 Å². The number of aliphatic hydroxyl groups excluding tert-OH is 3. The molecule has 0 aromatic rings. The van der Waals surface area contributed by atoms with Gasteiger partial charge >= 0.3 is 11.9 Å². The van der Waals surface area contributed by atoms with Gasteiger partial charge in [-0.25, -0.2) is 9.59 Å². The maximum atomic E-state index is 13.4. The summed E-state index contributed by atoms with van der Waals surface area (Å²) < 4.78 is 11.8. The first kappa shape index (κ1) is 50.7. The van der Waals surface area contributed by atoms with E-state index in [4.69, 9.17) is 9.47 Å². The molecule has 0 radical (unpaired) electrons. The number of hydrogen-bond acceptors (Lipinski definition) is 7. The largest absolute Gasteiger partial charge is 0.460 e. The van der Waals surface area contributed by atoms with Crippen LogP contribution in [0.25, 0.3) is 0 Å². The van der Waals surface area contributed by atoms with E-state index in [1.54, 1.807) is 0 Å². The number of carbonyl (C=O) groups is 2. The van der Waals surface area contributed by atoms with E-state index in [0.717, 1.165) is 73.0 Å². The van der Waals surface area contributed by atoms with Crippen LogP contribution in [0, 0.1) is 92.7 Å². The Hall–Kier alpha value is -1.70. The molecule has 6 saturated carbocycles. The second kappa shape index (κ2) is 19.8. The first-order valence-electron chi connectivity index (χ1n) is 28.0. The van der Waals surface area contributed by atoms with Gasteiger partial charge in [0, 0.05) is 12.8 Å². The molecule has 0 aromatic carbocycles. The van der Waals surface area contributed by atoms with Crippen LogP contribution in [0.3, 0.4) is 0 Å². The predicted octanol–water partition coefficient (Wildman–Crippen LogP) is 13.0. The van der Waals surface area contributed by atoms with Crippen molar-refractivity contribution < 1.29 is 34.4 Å². The van der Waals surface area contributed by atoms with Gasteiger partial charge in [0.15, 0.2) is 12.2 Å². The minimum Gasteiger partial charge on any atom is -0.460 e. The van der Waals surface area contributed by atoms with E-state index in [2.05, 4.69) is 81.4 Å². The average molecular weight is 917 g/mol. The number of ether oxygens (including phenoxy) is 2. The van der Waals surface area contributed by atoms with Gasteiger partial charge < -0.3 is 24.8 Å². The maximum absolute atomic E-state index is 13.4. The zero-order chi connectivity index (χ0) is 47.5. The smallest absolute Gasteiger partial charge is 0.338 e. The van der Waals surface area contributed by atoms with Crippen LogP contribution in [0.5, 0.6) is 0 Å². The number of fused-ring (bicyclic) bond motifs is 10. The van der Waals surface area contributed by atoms with Crippen molar-refractivity contribution in [2.24, 2.45) is 92.7 Å². The van der Waals surface area contributed by atoms with Gasteiger partial charge in [0.05, 0.1) is 0 Å². The fraction of sp³-hybridized carbons (Fsp3) is 0.898. The van der Waals surface area contributed by atoms with E-state index in [9.17, 15) is 24.9 Å². The summed E-state index contributed by atoms with van der Waals surface area (Å²) in [4.78, 5) is 26.7. The number of aliphatic hydroxyl groups is 3. The summed E-state index contributed by atoms with van der Waals surface area (Å²) in [7, 11) is 0. The molecule has 66 heavy (non-hydrogen) atoms. The highest BCUT2D eigenvalue weighted by Crippen LogP contribution is 2.69. The Labute approximate surface area is 401 Å². The van der Waals surface area contributed by atoms with Crippen molar-refractivity contribution >= 4 is 11.9 Å². The van der Waals surface area contributed by atoms with Crippen molar-refractivity contribution in [2.45, 2.75) is 241 Å². The van der Waals surface area contributed by atoms with Crippen LogP contribution in [0.2, 0.25) is 0 Å². The lowest BCUT2D eigenvalue weighted by Crippen LogP contribution is -2.52. The fourth-order valence-corrected chi connectivity index (χ4v) is 18.4. The van der Waals surface area contributed by atoms with Crippen molar-refractivity contribution in [3.8, 4) is 0 Å². The van der Waals surface area contributed by atoms with Crippen molar-refractivity contribution in [1.29, 1.82) is 0 Å². The molecule has 0 aromatic heterocycles. The summed E-state index contributed by atoms with van der Waals surface area (Å²) in [5.74, 6) is 7.05. The summed E-state index contributed by atoms with van der Waals surface area (Å²) in [6.07, 6.45) is 23.4. The zero-order valence-corrected chi connectivity index (χ0v) is 43.5. The lowest BCUT2D eigenvalue weighted by molar-refractivity contribution is -0.182. The van der Waals surface area contributed by atoms with Gasteiger partial charge in [-0.15, -0.1) is 0 Å². The Kier molecular flexibility index (Phi) is 15.2. The van der Waals surface area contributed by atoms with E-state index in [1.807, 2.05) is 0 Å². The number of esters is 2. The highest BCUT2D eigenvalue weighted by molar-refractivity contribution is 5.80. The molecule has 0 amide bonds. The molecule has 3 N–H and O–H groups in total. The Morgan fingerprint density at radius 1 is 0.545 bits per heavy atom. The van der Waals surface area contributed by atoms with Crippen LogP contribution in [0.1, 0.15) is 210 Å². The SMILES string of the molecule is CC(C)CCC[C@@H](C)[C@H]1CCC2C3CC=C4C[C@@H](OC(=O)C(O)C(O)C(O)C(=O)O[C@H]5CC[C@@]6(C)C(=CCC7C6CC[C@@]6(C)C7CC[C@@H]6[C@H](C)CCCC(C)C)C5)CC[C@]4(C)C3CC[C@@]21C. The van der Waals surface area contributed by atoms with Crippen LogP contribution >= 0.6 is 0 Å². The Morgan fingerprint density at radius 2 is 0.939 bits per heavy atom. The van der Waals surface area contributed by atoms with E-state index < -0.39 is 42.5 Å². The third kappa shape index (κ3) is 9.34. The predicted molar refractivity (Wildman–Crippen MR) is 264 cm³/mol. The van der Waals surface area contributed by atoms with Crippen LogP contribution in [-0.4, -0.2) is 57.8 Å². The first-order valence-corrected chi connectivity index (χ1v) is 28.0. The Bertz CT molecular complexity index is 1660. The Morgan fingerprint density at radius 3 is 1.32 bits per heavy atom. The van der Waals surface area contributed by atoms with Gasteiger partial charge in [0.1, 0.15) is 18.3 Å². The Balaban J connectivity index is 0.812. The van der Waals surface area contributed by atoms with Gasteiger partial charge in [0.25, 0.3) is 0 Å². The molecule has 8 aliphatic carbocycles. The quantitative estimate of drug-likeness (QED) is 0.104. The van der Waals surface area contributed by atoms with Crippen LogP contribution in [0.4, 0.5) is 0 Å². The molecule has 0 saturated heterocycles. The van der Waals surface area contributed by atoms with E-state index >= 15 is 0 Å². The number of carbonyl (C=O) groups excluding carboxylic acids is 2. The number of hydrogen-bond donors (Lipinski definition) is 3. The molecule has 7 heteroatoms. The maximum Gasteiger partial charge on any atom is 0.338 e. The molecule has 0 aliphatic heterocycles. The molecule has 374 valence electrons. The number of allylic oxidation sites excluding steroid dienone is 2. The third-order valence-electron chi connectivity index (χ3n) is 22.2. The number of rotatable bonds is 16. The molecule has 0 bridgehead atoms. The van der Waals surface area contributed by atoms with E-state index in [1.165, 1.54) is 101 Å². The van der Waals surface area contributed by atoms with Gasteiger partial charge in [-0.05, 0) is 183 Å². The van der Waals surface area contributed by atoms with Crippen molar-refractivity contribution in [3.63, 3.8) is 0 Å². The monoisotopic (exact) mass is 917 g/mol. The molecule has 0 heterocycles. The fourth-order valence-electron chi connectivity index (χ4n) is 18.4. The second-order valence-electron chi connectivity index (χ2n) is 26.6. The van der Waals surface area contributed by atoms with Crippen molar-refractivity contribution in [3.05, 3.63) is 23.3 Å². The highest BCUT2D eigenvalue weighted by atomic mass is 16.6. The van der Waals surface area contributed by atoms with E-state index in [0.29, 0.717) is 60.2 Å². The second-order valence-corrected chi connectivity index (χ2v) is 26.6. The molecule has 7 nitrogen and oxygen atoms in total. The summed E-state index contributed by atoms with van der Waals surface area (Å²) in [5, 5.41) is 33.0. The first-order chi connectivity index (χ1) is 31.2. The van der Waals surface area contributed by atoms with Gasteiger partial charge in [-0.1, -0.05) is 131 Å². The lowest BCUT2D eigenvalue weighted by atomic mass is 9.47. The lowest BCUT2D eigenvalue weighted by Gasteiger charge is -2.58. The van der Waals surface area contributed by atoms with Crippen LogP contribution in [-0.2, 0) is 19.1 Å². The zero-order valence-electron chi connectivity index (χ0n) is 43.5. The van der Waals surface area contributed by atoms with E-state index in [-0.39, 0.29) is 10.8 Å². The van der Waals surface area contributed by atoms with Gasteiger partial charge in [0.2, 0.25) is 0 Å². The normalized spacial score (nSPS) is 42.8. The molecule has 6 fully saturated rings. The molecular formula is C59H96O7. The molecule has 8 unspecified atom stereocenters. The van der Waals surface area contributed by atoms with Crippen LogP contribution in [0.15, 0.2) is 23.3 Å². The molecule has 18 atom stereocenters. The summed E-state index contributed by atoms with van der Waals surface area (Å²) >= 11 is 0. The third-order valence-corrected chi connectivity index (χ3v) is 22.2. The topological polar surface area (TPSA) is 113 Å².